The van der Waals surface area contributed by atoms with Crippen molar-refractivity contribution in [3.63, 3.8) is 0 Å². The average Bonchev–Trinajstić information content (AvgIpc) is 3.61. The Morgan fingerprint density at radius 3 is 1.83 bits per heavy atom. The van der Waals surface area contributed by atoms with Crippen LogP contribution in [0.5, 0.6) is 0 Å². The monoisotopic (exact) mass is 575 g/mol. The van der Waals surface area contributed by atoms with Gasteiger partial charge in [-0.2, -0.15) is 0 Å². The zero-order valence-corrected chi connectivity index (χ0v) is 22.8. The Kier molecular flexibility index (Phi) is 9.53. The molecule has 1 aromatic rings. The van der Waals surface area contributed by atoms with Crippen molar-refractivity contribution >= 4 is 35.7 Å². The molecule has 0 aromatic carbocycles. The van der Waals surface area contributed by atoms with Gasteiger partial charge in [-0.3, -0.25) is 29.0 Å². The Labute approximate surface area is 237 Å². The number of carboxylic acid groups (broad SMARTS) is 3. The predicted octanol–water partition coefficient (Wildman–Crippen LogP) is 0.161. The van der Waals surface area contributed by atoms with Gasteiger partial charge in [0.1, 0.15) is 0 Å². The number of carboxylic acids is 3. The van der Waals surface area contributed by atoms with E-state index in [1.807, 2.05) is 6.07 Å². The number of nitrogens with zero attached hydrogens (tertiary/aromatic N) is 5. The van der Waals surface area contributed by atoms with Crippen LogP contribution in [0.25, 0.3) is 0 Å². The average molecular weight is 576 g/mol. The van der Waals surface area contributed by atoms with Gasteiger partial charge in [0, 0.05) is 45.1 Å². The highest BCUT2D eigenvalue weighted by Gasteiger charge is 2.60. The van der Waals surface area contributed by atoms with Crippen molar-refractivity contribution in [1.82, 2.24) is 19.8 Å². The van der Waals surface area contributed by atoms with Gasteiger partial charge in [-0.15, -0.1) is 0 Å². The third-order valence-electron chi connectivity index (χ3n) is 8.62. The Balaban J connectivity index is 0.000000254. The van der Waals surface area contributed by atoms with Gasteiger partial charge < -0.3 is 25.3 Å². The van der Waals surface area contributed by atoms with Crippen LogP contribution in [0.15, 0.2) is 18.5 Å². The number of amides is 2. The molecule has 41 heavy (non-hydrogen) atoms. The van der Waals surface area contributed by atoms with E-state index >= 15 is 0 Å². The van der Waals surface area contributed by atoms with E-state index in [1.54, 1.807) is 17.3 Å². The number of imide groups is 1. The minimum Gasteiger partial charge on any atom is -0.481 e. The molecule has 4 atom stereocenters. The third-order valence-corrected chi connectivity index (χ3v) is 8.62. The Morgan fingerprint density at radius 1 is 0.829 bits per heavy atom. The van der Waals surface area contributed by atoms with Gasteiger partial charge in [-0.25, -0.2) is 14.8 Å². The maximum atomic E-state index is 12.7. The summed E-state index contributed by atoms with van der Waals surface area (Å²) in [7, 11) is 0. The zero-order chi connectivity index (χ0) is 29.7. The van der Waals surface area contributed by atoms with Crippen molar-refractivity contribution < 1.29 is 44.4 Å². The summed E-state index contributed by atoms with van der Waals surface area (Å²) in [6.45, 7) is 5.54. The van der Waals surface area contributed by atoms with E-state index in [0.717, 1.165) is 70.8 Å². The lowest BCUT2D eigenvalue weighted by atomic mass is 9.81. The van der Waals surface area contributed by atoms with Gasteiger partial charge >= 0.3 is 17.9 Å². The summed E-state index contributed by atoms with van der Waals surface area (Å²) in [6, 6.07) is 1.84. The first-order chi connectivity index (χ1) is 19.5. The fourth-order valence-corrected chi connectivity index (χ4v) is 6.64. The smallest absolute Gasteiger partial charge is 0.336 e. The first-order valence-electron chi connectivity index (χ1n) is 14.0. The standard InChI is InChI=1S/C21H29N5O2.C6H8O7/c27-19-17-15-4-5-16(14-15)18(17)20(28)26(19)9-2-1-8-24-10-12-25(13-11-24)21-22-6-3-7-23-21;7-3(8)1-6(13,5(11)12)2-4(9)10/h3,6-7,15-18H,1-2,4-5,8-14H2;13H,1-2H2,(H,7,8)(H,9,10)(H,11,12)/t15-,16-,17-,18+;/m1./s1. The number of aliphatic carboxylic acids is 3. The van der Waals surface area contributed by atoms with Gasteiger partial charge in [0.2, 0.25) is 17.8 Å². The largest absolute Gasteiger partial charge is 0.481 e. The summed E-state index contributed by atoms with van der Waals surface area (Å²) in [5.41, 5.74) is -2.74. The van der Waals surface area contributed by atoms with Crippen molar-refractivity contribution in [2.24, 2.45) is 23.7 Å². The van der Waals surface area contributed by atoms with E-state index in [4.69, 9.17) is 20.4 Å². The number of unbranched alkanes of at least 4 members (excludes halogenated alkanes) is 1. The number of aliphatic hydroxyl groups is 1. The lowest BCUT2D eigenvalue weighted by molar-refractivity contribution is -0.170. The SMILES string of the molecule is O=C(O)CC(O)(CC(=O)O)C(=O)O.O=C1[C@@H]2[C@@H]3CC[C@H](C3)[C@@H]2C(=O)N1CCCCN1CCN(c2ncccn2)CC1. The molecule has 5 rings (SSSR count). The van der Waals surface area contributed by atoms with E-state index in [-0.39, 0.29) is 23.7 Å². The van der Waals surface area contributed by atoms with E-state index in [1.165, 1.54) is 0 Å². The van der Waals surface area contributed by atoms with E-state index in [2.05, 4.69) is 19.8 Å². The van der Waals surface area contributed by atoms with Crippen LogP contribution >= 0.6 is 0 Å². The maximum absolute atomic E-state index is 12.7. The topological polar surface area (TPSA) is 202 Å². The minimum atomic E-state index is -2.74. The number of fused-ring (bicyclic) bond motifs is 5. The fourth-order valence-electron chi connectivity index (χ4n) is 6.64. The number of hydrogen-bond donors (Lipinski definition) is 4. The van der Waals surface area contributed by atoms with Crippen molar-refractivity contribution in [2.45, 2.75) is 50.5 Å². The molecule has 0 radical (unpaired) electrons. The van der Waals surface area contributed by atoms with Crippen LogP contribution in [-0.2, 0) is 24.0 Å². The second-order valence-electron chi connectivity index (χ2n) is 11.3. The van der Waals surface area contributed by atoms with E-state index in [9.17, 15) is 24.0 Å². The molecule has 0 spiro atoms. The molecule has 2 saturated heterocycles. The lowest BCUT2D eigenvalue weighted by Gasteiger charge is -2.34. The zero-order valence-electron chi connectivity index (χ0n) is 22.8. The van der Waals surface area contributed by atoms with Gasteiger partial charge in [-0.1, -0.05) is 0 Å². The molecule has 3 heterocycles. The van der Waals surface area contributed by atoms with Crippen LogP contribution in [0.4, 0.5) is 5.95 Å². The molecule has 1 aromatic heterocycles. The lowest BCUT2D eigenvalue weighted by Crippen LogP contribution is -2.47. The summed E-state index contributed by atoms with van der Waals surface area (Å²) < 4.78 is 0. The maximum Gasteiger partial charge on any atom is 0.336 e. The summed E-state index contributed by atoms with van der Waals surface area (Å²) >= 11 is 0. The van der Waals surface area contributed by atoms with Gasteiger partial charge in [0.15, 0.2) is 5.60 Å². The first-order valence-corrected chi connectivity index (χ1v) is 14.0. The highest BCUT2D eigenvalue weighted by atomic mass is 16.4. The number of aromatic nitrogens is 2. The van der Waals surface area contributed by atoms with Gasteiger partial charge in [0.25, 0.3) is 0 Å². The number of anilines is 1. The number of hydrogen-bond acceptors (Lipinski definition) is 10. The number of piperazine rings is 1. The highest BCUT2D eigenvalue weighted by molar-refractivity contribution is 6.06. The Hall–Kier alpha value is -3.65. The minimum absolute atomic E-state index is 0.0273. The number of likely N-dealkylation sites (tertiary alicyclic amines) is 1. The van der Waals surface area contributed by atoms with Crippen LogP contribution < -0.4 is 4.90 Å². The molecule has 4 aliphatic rings. The molecule has 224 valence electrons. The molecule has 2 aliphatic heterocycles. The molecule has 2 saturated carbocycles. The van der Waals surface area contributed by atoms with Crippen molar-refractivity contribution in [3.8, 4) is 0 Å². The highest BCUT2D eigenvalue weighted by Crippen LogP contribution is 2.56. The quantitative estimate of drug-likeness (QED) is 0.205. The molecule has 2 aliphatic carbocycles. The number of carbonyl (C=O) groups excluding carboxylic acids is 2. The molecular formula is C27H37N5O9. The molecule has 4 N–H and O–H groups in total. The Bertz CT molecular complexity index is 1100. The molecule has 14 heteroatoms. The predicted molar refractivity (Wildman–Crippen MR) is 142 cm³/mol. The third kappa shape index (κ3) is 6.99. The number of rotatable bonds is 11. The Morgan fingerprint density at radius 2 is 1.34 bits per heavy atom. The molecular weight excluding hydrogens is 538 g/mol. The van der Waals surface area contributed by atoms with Crippen LogP contribution in [0, 0.1) is 23.7 Å². The van der Waals surface area contributed by atoms with Crippen molar-refractivity contribution in [3.05, 3.63) is 18.5 Å². The van der Waals surface area contributed by atoms with Gasteiger partial charge in [0.05, 0.1) is 24.7 Å². The normalized spacial score (nSPS) is 25.6. The summed E-state index contributed by atoms with van der Waals surface area (Å²) in [5, 5.41) is 33.8. The second-order valence-corrected chi connectivity index (χ2v) is 11.3. The number of carbonyl (C=O) groups is 5. The molecule has 2 amide bonds. The molecule has 14 nitrogen and oxygen atoms in total. The molecule has 0 unspecified atom stereocenters. The summed E-state index contributed by atoms with van der Waals surface area (Å²) in [6.07, 6.45) is 6.64. The fraction of sp³-hybridized carbons (Fsp3) is 0.667. The first kappa shape index (κ1) is 30.3. The van der Waals surface area contributed by atoms with Crippen LogP contribution in [0.1, 0.15) is 44.9 Å². The van der Waals surface area contributed by atoms with Gasteiger partial charge in [-0.05, 0) is 56.6 Å². The second kappa shape index (κ2) is 12.9. The summed E-state index contributed by atoms with van der Waals surface area (Å²) in [5.74, 6) is -2.90. The van der Waals surface area contributed by atoms with E-state index < -0.39 is 36.4 Å². The van der Waals surface area contributed by atoms with Crippen molar-refractivity contribution in [2.75, 3.05) is 44.2 Å². The van der Waals surface area contributed by atoms with Crippen molar-refractivity contribution in [1.29, 1.82) is 0 Å². The molecule has 2 bridgehead atoms. The van der Waals surface area contributed by atoms with E-state index in [0.29, 0.717) is 18.4 Å². The summed E-state index contributed by atoms with van der Waals surface area (Å²) in [4.78, 5) is 70.9. The molecule has 4 fully saturated rings. The van der Waals surface area contributed by atoms with Crippen LogP contribution in [0.3, 0.4) is 0 Å². The van der Waals surface area contributed by atoms with Crippen LogP contribution in [-0.4, -0.2) is 115 Å². The van der Waals surface area contributed by atoms with Crippen LogP contribution in [0.2, 0.25) is 0 Å².